The van der Waals surface area contributed by atoms with Crippen LogP contribution in [0.2, 0.25) is 0 Å². The molecule has 7 aromatic carbocycles. The fourth-order valence-electron chi connectivity index (χ4n) is 6.82. The Kier molecular flexibility index (Phi) is 7.49. The molecule has 50 heavy (non-hydrogen) atoms. The molecule has 0 atom stereocenters. The molecule has 0 N–H and O–H groups in total. The number of rotatable bonds is 6. The Morgan fingerprint density at radius 3 is 1.22 bits per heavy atom. The lowest BCUT2D eigenvalue weighted by molar-refractivity contribution is 1.18. The van der Waals surface area contributed by atoms with Crippen LogP contribution >= 0.6 is 0 Å². The Morgan fingerprint density at radius 2 is 0.700 bits per heavy atom. The van der Waals surface area contributed by atoms with Crippen LogP contribution in [0.1, 0.15) is 0 Å². The summed E-state index contributed by atoms with van der Waals surface area (Å²) in [4.78, 5) is 14.5. The first-order chi connectivity index (χ1) is 24.8. The molecular formula is C47H31N3. The minimum Gasteiger partial charge on any atom is -0.265 e. The van der Waals surface area contributed by atoms with Gasteiger partial charge < -0.3 is 0 Å². The topological polar surface area (TPSA) is 38.7 Å². The third kappa shape index (κ3) is 5.61. The van der Waals surface area contributed by atoms with Crippen molar-refractivity contribution in [1.29, 1.82) is 0 Å². The van der Waals surface area contributed by atoms with E-state index in [9.17, 15) is 0 Å². The Bertz CT molecular complexity index is 2460. The van der Waals surface area contributed by atoms with Gasteiger partial charge in [0.15, 0.2) is 5.82 Å². The molecule has 9 aromatic rings. The molecule has 0 aliphatic heterocycles. The largest absolute Gasteiger partial charge is 0.265 e. The average Bonchev–Trinajstić information content (AvgIpc) is 3.21. The number of nitrogens with zero attached hydrogens (tertiary/aromatic N) is 3. The highest BCUT2D eigenvalue weighted by atomic mass is 14.9. The lowest BCUT2D eigenvalue weighted by Crippen LogP contribution is -1.96. The summed E-state index contributed by atoms with van der Waals surface area (Å²) in [7, 11) is 0. The van der Waals surface area contributed by atoms with E-state index in [-0.39, 0.29) is 0 Å². The third-order valence-corrected chi connectivity index (χ3v) is 9.45. The van der Waals surface area contributed by atoms with E-state index >= 15 is 0 Å². The smallest absolute Gasteiger partial charge is 0.160 e. The van der Waals surface area contributed by atoms with Gasteiger partial charge in [0.2, 0.25) is 0 Å². The minimum atomic E-state index is 0.693. The average molecular weight is 638 g/mol. The Morgan fingerprint density at radius 1 is 0.300 bits per heavy atom. The van der Waals surface area contributed by atoms with Gasteiger partial charge in [-0.15, -0.1) is 0 Å². The van der Waals surface area contributed by atoms with Crippen molar-refractivity contribution < 1.29 is 0 Å². The summed E-state index contributed by atoms with van der Waals surface area (Å²) in [6, 6.07) is 62.1. The van der Waals surface area contributed by atoms with E-state index in [1.165, 1.54) is 38.2 Å². The van der Waals surface area contributed by atoms with Gasteiger partial charge in [-0.3, -0.25) is 4.98 Å². The third-order valence-electron chi connectivity index (χ3n) is 9.45. The van der Waals surface area contributed by atoms with E-state index in [1.54, 1.807) is 0 Å². The molecule has 0 saturated heterocycles. The highest BCUT2D eigenvalue weighted by Gasteiger charge is 2.13. The Labute approximate surface area is 291 Å². The van der Waals surface area contributed by atoms with Gasteiger partial charge in [0.05, 0.1) is 11.4 Å². The van der Waals surface area contributed by atoms with Crippen molar-refractivity contribution in [1.82, 2.24) is 15.0 Å². The number of hydrogen-bond donors (Lipinski definition) is 0. The molecule has 2 aromatic heterocycles. The second-order valence-electron chi connectivity index (χ2n) is 12.5. The maximum atomic E-state index is 5.15. The standard InChI is InChI=1S/C47H31N3/c1-3-11-41-34(7-1)9-5-13-43(41)36-17-23-39(24-18-36)46-31-45(38-21-15-32(16-22-38)33-27-29-48-30-28-33)49-47(50-46)40-25-19-37(20-26-40)44-14-6-10-35-8-2-4-12-42(35)44/h1-31H. The summed E-state index contributed by atoms with van der Waals surface area (Å²) in [6.07, 6.45) is 3.65. The molecule has 0 saturated carbocycles. The number of hydrogen-bond acceptors (Lipinski definition) is 3. The molecule has 0 unspecified atom stereocenters. The van der Waals surface area contributed by atoms with Crippen LogP contribution in [0.15, 0.2) is 188 Å². The maximum absolute atomic E-state index is 5.15. The highest BCUT2D eigenvalue weighted by Crippen LogP contribution is 2.34. The molecule has 3 heteroatoms. The summed E-state index contributed by atoms with van der Waals surface area (Å²) in [5, 5.41) is 4.96. The normalized spacial score (nSPS) is 11.2. The summed E-state index contributed by atoms with van der Waals surface area (Å²) in [6.45, 7) is 0. The summed E-state index contributed by atoms with van der Waals surface area (Å²) < 4.78 is 0. The SMILES string of the molecule is c1ccc2c(-c3ccc(-c4cc(-c5ccc(-c6ccncc6)cc5)nc(-c5ccc(-c6cccc7ccccc67)cc5)n4)cc3)cccc2c1. The molecule has 3 nitrogen and oxygen atoms in total. The molecule has 234 valence electrons. The van der Waals surface area contributed by atoms with E-state index in [4.69, 9.17) is 9.97 Å². The van der Waals surface area contributed by atoms with Crippen LogP contribution in [-0.4, -0.2) is 15.0 Å². The predicted octanol–water partition coefficient (Wildman–Crippen LogP) is 12.2. The van der Waals surface area contributed by atoms with Crippen molar-refractivity contribution >= 4 is 21.5 Å². The van der Waals surface area contributed by atoms with E-state index in [0.717, 1.165) is 44.8 Å². The minimum absolute atomic E-state index is 0.693. The number of fused-ring (bicyclic) bond motifs is 2. The lowest BCUT2D eigenvalue weighted by atomic mass is 9.96. The van der Waals surface area contributed by atoms with Gasteiger partial charge in [-0.1, -0.05) is 158 Å². The summed E-state index contributed by atoms with van der Waals surface area (Å²) >= 11 is 0. The molecule has 0 aliphatic rings. The van der Waals surface area contributed by atoms with E-state index in [0.29, 0.717) is 5.82 Å². The van der Waals surface area contributed by atoms with Gasteiger partial charge in [0.25, 0.3) is 0 Å². The van der Waals surface area contributed by atoms with Gasteiger partial charge in [0, 0.05) is 29.1 Å². The zero-order valence-electron chi connectivity index (χ0n) is 27.2. The fourth-order valence-corrected chi connectivity index (χ4v) is 6.82. The number of pyridine rings is 1. The van der Waals surface area contributed by atoms with Gasteiger partial charge in [-0.2, -0.15) is 0 Å². The van der Waals surface area contributed by atoms with Gasteiger partial charge in [-0.25, -0.2) is 9.97 Å². The molecule has 0 aliphatic carbocycles. The zero-order valence-corrected chi connectivity index (χ0v) is 27.2. The van der Waals surface area contributed by atoms with Crippen molar-refractivity contribution in [2.75, 3.05) is 0 Å². The van der Waals surface area contributed by atoms with Crippen LogP contribution in [0.5, 0.6) is 0 Å². The molecule has 0 radical (unpaired) electrons. The number of benzene rings is 7. The van der Waals surface area contributed by atoms with Crippen molar-refractivity contribution in [3.63, 3.8) is 0 Å². The first-order valence-corrected chi connectivity index (χ1v) is 16.8. The van der Waals surface area contributed by atoms with E-state index < -0.39 is 0 Å². The van der Waals surface area contributed by atoms with Crippen LogP contribution in [-0.2, 0) is 0 Å². The molecule has 9 rings (SSSR count). The second-order valence-corrected chi connectivity index (χ2v) is 12.5. The van der Waals surface area contributed by atoms with Crippen molar-refractivity contribution in [2.45, 2.75) is 0 Å². The molecule has 0 spiro atoms. The number of aromatic nitrogens is 3. The maximum Gasteiger partial charge on any atom is 0.160 e. The van der Waals surface area contributed by atoms with Gasteiger partial charge >= 0.3 is 0 Å². The van der Waals surface area contributed by atoms with Crippen LogP contribution < -0.4 is 0 Å². The summed E-state index contributed by atoms with van der Waals surface area (Å²) in [5.74, 6) is 0.693. The first kappa shape index (κ1) is 29.4. The van der Waals surface area contributed by atoms with E-state index in [1.807, 2.05) is 24.5 Å². The fraction of sp³-hybridized carbons (Fsp3) is 0. The molecule has 0 amide bonds. The van der Waals surface area contributed by atoms with Crippen LogP contribution in [0.3, 0.4) is 0 Å². The summed E-state index contributed by atoms with van der Waals surface area (Å²) in [5.41, 5.74) is 11.9. The quantitative estimate of drug-likeness (QED) is 0.182. The molecular weight excluding hydrogens is 607 g/mol. The predicted molar refractivity (Wildman–Crippen MR) is 207 cm³/mol. The van der Waals surface area contributed by atoms with Crippen molar-refractivity contribution in [3.8, 4) is 67.3 Å². The molecule has 0 bridgehead atoms. The lowest BCUT2D eigenvalue weighted by Gasteiger charge is -2.12. The van der Waals surface area contributed by atoms with Gasteiger partial charge in [0.1, 0.15) is 0 Å². The Balaban J connectivity index is 1.12. The van der Waals surface area contributed by atoms with Crippen LogP contribution in [0.4, 0.5) is 0 Å². The molecule has 0 fully saturated rings. The molecule has 2 heterocycles. The first-order valence-electron chi connectivity index (χ1n) is 16.8. The van der Waals surface area contributed by atoms with Crippen LogP contribution in [0, 0.1) is 0 Å². The van der Waals surface area contributed by atoms with Crippen molar-refractivity contribution in [2.24, 2.45) is 0 Å². The monoisotopic (exact) mass is 637 g/mol. The van der Waals surface area contributed by atoms with Crippen molar-refractivity contribution in [3.05, 3.63) is 188 Å². The van der Waals surface area contributed by atoms with Gasteiger partial charge in [-0.05, 0) is 73.1 Å². The second kappa shape index (κ2) is 12.7. The highest BCUT2D eigenvalue weighted by molar-refractivity contribution is 5.98. The Hall–Kier alpha value is -6.71. The van der Waals surface area contributed by atoms with E-state index in [2.05, 4.69) is 169 Å². The zero-order chi connectivity index (χ0) is 33.3. The van der Waals surface area contributed by atoms with Crippen LogP contribution in [0.25, 0.3) is 88.8 Å².